The van der Waals surface area contributed by atoms with Crippen LogP contribution in [0.25, 0.3) is 0 Å². The maximum absolute atomic E-state index is 13.9. The highest BCUT2D eigenvalue weighted by molar-refractivity contribution is 7.89. The molecule has 7 nitrogen and oxygen atoms in total. The number of halogens is 1. The van der Waals surface area contributed by atoms with Crippen molar-refractivity contribution in [2.45, 2.75) is 37.0 Å². The molecular weight excluding hydrogens is 443 g/mol. The van der Waals surface area contributed by atoms with Crippen molar-refractivity contribution in [3.8, 4) is 6.07 Å². The van der Waals surface area contributed by atoms with Crippen molar-refractivity contribution < 1.29 is 17.6 Å². The van der Waals surface area contributed by atoms with Crippen LogP contribution in [0, 0.1) is 23.1 Å². The van der Waals surface area contributed by atoms with Crippen molar-refractivity contribution in [3.63, 3.8) is 0 Å². The van der Waals surface area contributed by atoms with E-state index in [9.17, 15) is 17.6 Å². The molecule has 2 heterocycles. The van der Waals surface area contributed by atoms with Crippen LogP contribution in [0.3, 0.4) is 0 Å². The summed E-state index contributed by atoms with van der Waals surface area (Å²) in [6.07, 6.45) is 4.07. The van der Waals surface area contributed by atoms with E-state index < -0.39 is 15.8 Å². The molecule has 0 bridgehead atoms. The monoisotopic (exact) mass is 470 g/mol. The maximum atomic E-state index is 13.9. The Hall–Kier alpha value is -2.96. The number of amides is 1. The Morgan fingerprint density at radius 1 is 1.00 bits per heavy atom. The summed E-state index contributed by atoms with van der Waals surface area (Å²) in [4.78, 5) is 15.3. The van der Waals surface area contributed by atoms with Gasteiger partial charge in [0.05, 0.1) is 27.9 Å². The van der Waals surface area contributed by atoms with Gasteiger partial charge in [0.1, 0.15) is 5.82 Å². The Morgan fingerprint density at radius 3 is 2.30 bits per heavy atom. The van der Waals surface area contributed by atoms with Crippen LogP contribution in [0.1, 0.15) is 37.7 Å². The van der Waals surface area contributed by atoms with Crippen LogP contribution in [-0.2, 0) is 14.8 Å². The van der Waals surface area contributed by atoms with Gasteiger partial charge in [-0.1, -0.05) is 0 Å². The smallest absolute Gasteiger partial charge is 0.243 e. The number of hydrogen-bond donors (Lipinski definition) is 1. The Bertz CT molecular complexity index is 1150. The van der Waals surface area contributed by atoms with Crippen LogP contribution in [-0.4, -0.2) is 44.8 Å². The van der Waals surface area contributed by atoms with E-state index >= 15 is 0 Å². The first-order chi connectivity index (χ1) is 15.9. The van der Waals surface area contributed by atoms with Crippen molar-refractivity contribution in [1.29, 1.82) is 5.26 Å². The first-order valence-electron chi connectivity index (χ1n) is 11.2. The molecule has 2 aliphatic rings. The molecule has 1 N–H and O–H groups in total. The fraction of sp³-hybridized carbons (Fsp3) is 0.417. The maximum Gasteiger partial charge on any atom is 0.243 e. The molecule has 9 heteroatoms. The molecule has 0 aliphatic carbocycles. The lowest BCUT2D eigenvalue weighted by molar-refractivity contribution is -0.120. The zero-order chi connectivity index (χ0) is 23.4. The summed E-state index contributed by atoms with van der Waals surface area (Å²) in [5, 5.41) is 11.8. The third kappa shape index (κ3) is 5.18. The topological polar surface area (TPSA) is 93.5 Å². The van der Waals surface area contributed by atoms with Crippen LogP contribution in [0.5, 0.6) is 0 Å². The van der Waals surface area contributed by atoms with E-state index in [1.165, 1.54) is 47.1 Å². The van der Waals surface area contributed by atoms with E-state index in [1.807, 2.05) is 6.07 Å². The zero-order valence-electron chi connectivity index (χ0n) is 18.3. The van der Waals surface area contributed by atoms with Gasteiger partial charge >= 0.3 is 0 Å². The molecule has 33 heavy (non-hydrogen) atoms. The molecule has 0 radical (unpaired) electrons. The van der Waals surface area contributed by atoms with Gasteiger partial charge in [-0.2, -0.15) is 9.57 Å². The van der Waals surface area contributed by atoms with E-state index in [1.54, 1.807) is 6.07 Å². The van der Waals surface area contributed by atoms with Crippen LogP contribution < -0.4 is 10.2 Å². The summed E-state index contributed by atoms with van der Waals surface area (Å²) in [6.45, 7) is 2.20. The molecule has 0 atom stereocenters. The molecule has 2 saturated heterocycles. The zero-order valence-corrected chi connectivity index (χ0v) is 19.2. The molecule has 4 rings (SSSR count). The molecule has 2 aliphatic heterocycles. The first kappa shape index (κ1) is 23.2. The molecule has 0 unspecified atom stereocenters. The highest BCUT2D eigenvalue weighted by Crippen LogP contribution is 2.31. The summed E-state index contributed by atoms with van der Waals surface area (Å²) in [6, 6.07) is 12.3. The number of benzene rings is 2. The minimum Gasteiger partial charge on any atom is -0.370 e. The predicted octanol–water partition coefficient (Wildman–Crippen LogP) is 3.73. The summed E-state index contributed by atoms with van der Waals surface area (Å²) < 4.78 is 41.1. The van der Waals surface area contributed by atoms with Gasteiger partial charge in [0, 0.05) is 32.1 Å². The summed E-state index contributed by atoms with van der Waals surface area (Å²) in [5.41, 5.74) is 1.69. The fourth-order valence-electron chi connectivity index (χ4n) is 4.46. The molecule has 1 amide bonds. The third-order valence-corrected chi connectivity index (χ3v) is 8.27. The van der Waals surface area contributed by atoms with Gasteiger partial charge in [-0.15, -0.1) is 0 Å². The van der Waals surface area contributed by atoms with Crippen molar-refractivity contribution in [2.24, 2.45) is 5.92 Å². The minimum atomic E-state index is -3.69. The number of nitrogens with one attached hydrogen (secondary N) is 1. The fourth-order valence-corrected chi connectivity index (χ4v) is 5.93. The number of sulfonamides is 1. The minimum absolute atomic E-state index is 0.135. The largest absolute Gasteiger partial charge is 0.370 e. The van der Waals surface area contributed by atoms with Gasteiger partial charge in [-0.25, -0.2) is 12.8 Å². The normalized spacial score (nSPS) is 18.0. The number of carbonyl (C=O) groups is 1. The van der Waals surface area contributed by atoms with Crippen LogP contribution in [0.2, 0.25) is 0 Å². The summed E-state index contributed by atoms with van der Waals surface area (Å²) in [5.74, 6) is -0.974. The quantitative estimate of drug-likeness (QED) is 0.719. The van der Waals surface area contributed by atoms with E-state index in [0.717, 1.165) is 31.6 Å². The third-order valence-electron chi connectivity index (χ3n) is 6.36. The van der Waals surface area contributed by atoms with Crippen LogP contribution in [0.15, 0.2) is 47.4 Å². The number of nitrogens with zero attached hydrogens (tertiary/aromatic N) is 3. The molecule has 0 saturated carbocycles. The van der Waals surface area contributed by atoms with Crippen LogP contribution in [0.4, 0.5) is 15.8 Å². The van der Waals surface area contributed by atoms with E-state index in [0.29, 0.717) is 24.1 Å². The number of carbonyl (C=O) groups excluding carboxylic acids is 1. The predicted molar refractivity (Wildman–Crippen MR) is 124 cm³/mol. The molecule has 0 spiro atoms. The van der Waals surface area contributed by atoms with Crippen LogP contribution >= 0.6 is 0 Å². The molecule has 2 aromatic rings. The van der Waals surface area contributed by atoms with Gasteiger partial charge in [0.2, 0.25) is 15.9 Å². The molecular formula is C24H27FN4O3S. The summed E-state index contributed by atoms with van der Waals surface area (Å²) in [7, 11) is -3.69. The molecule has 2 aromatic carbocycles. The van der Waals surface area contributed by atoms with Gasteiger partial charge in [0.15, 0.2) is 0 Å². The van der Waals surface area contributed by atoms with E-state index in [-0.39, 0.29) is 29.8 Å². The Kier molecular flexibility index (Phi) is 6.96. The number of anilines is 2. The lowest BCUT2D eigenvalue weighted by Crippen LogP contribution is -2.41. The highest BCUT2D eigenvalue weighted by Gasteiger charge is 2.32. The van der Waals surface area contributed by atoms with Gasteiger partial charge in [-0.3, -0.25) is 4.79 Å². The standard InChI is InChI=1S/C24H27FN4O3S/c25-20-6-9-23(28-12-2-1-3-13-28)22(16-20)27-24(30)19-10-14-29(15-11-19)33(31,32)21-7-4-18(17-26)5-8-21/h4-9,16,19H,1-3,10-15H2,(H,27,30). The van der Waals surface area contributed by atoms with Crippen molar-refractivity contribution >= 4 is 27.3 Å². The average molecular weight is 471 g/mol. The van der Waals surface area contributed by atoms with E-state index in [2.05, 4.69) is 10.2 Å². The first-order valence-corrected chi connectivity index (χ1v) is 12.7. The average Bonchev–Trinajstić information content (AvgIpc) is 2.85. The second-order valence-corrected chi connectivity index (χ2v) is 10.5. The Labute approximate surface area is 193 Å². The summed E-state index contributed by atoms with van der Waals surface area (Å²) >= 11 is 0. The van der Waals surface area contributed by atoms with Gasteiger partial charge in [-0.05, 0) is 74.6 Å². The lowest BCUT2D eigenvalue weighted by atomic mass is 9.97. The molecule has 2 fully saturated rings. The number of hydrogen-bond acceptors (Lipinski definition) is 5. The lowest BCUT2D eigenvalue weighted by Gasteiger charge is -2.32. The number of piperidine rings is 2. The second-order valence-electron chi connectivity index (χ2n) is 8.51. The van der Waals surface area contributed by atoms with Crippen molar-refractivity contribution in [2.75, 3.05) is 36.4 Å². The Balaban J connectivity index is 1.41. The number of nitriles is 1. The van der Waals surface area contributed by atoms with Gasteiger partial charge in [0.25, 0.3) is 0 Å². The van der Waals surface area contributed by atoms with Gasteiger partial charge < -0.3 is 10.2 Å². The molecule has 0 aromatic heterocycles. The Morgan fingerprint density at radius 2 is 1.67 bits per heavy atom. The highest BCUT2D eigenvalue weighted by atomic mass is 32.2. The van der Waals surface area contributed by atoms with Crippen molar-refractivity contribution in [3.05, 3.63) is 53.8 Å². The van der Waals surface area contributed by atoms with E-state index in [4.69, 9.17) is 5.26 Å². The van der Waals surface area contributed by atoms with Crippen molar-refractivity contribution in [1.82, 2.24) is 4.31 Å². The second kappa shape index (κ2) is 9.89. The molecule has 174 valence electrons. The SMILES string of the molecule is N#Cc1ccc(S(=O)(=O)N2CCC(C(=O)Nc3cc(F)ccc3N3CCCCC3)CC2)cc1. The number of rotatable bonds is 5.